The standard InChI is InChI=1S/C11H10O3/c1-6-3-4-9-8(5-6)7(2)10(14-9)11(12)13/h3-5H,1-2H3,(H,12,13)/p-1. The lowest BCUT2D eigenvalue weighted by Crippen LogP contribution is -2.22. The van der Waals surface area contributed by atoms with E-state index in [9.17, 15) is 9.90 Å². The van der Waals surface area contributed by atoms with E-state index in [4.69, 9.17) is 4.42 Å². The number of hydrogen-bond acceptors (Lipinski definition) is 3. The maximum Gasteiger partial charge on any atom is 0.153 e. The minimum absolute atomic E-state index is 0.0781. The van der Waals surface area contributed by atoms with Crippen LogP contribution in [0.5, 0.6) is 0 Å². The monoisotopic (exact) mass is 189 g/mol. The molecule has 0 radical (unpaired) electrons. The Kier molecular flexibility index (Phi) is 1.81. The van der Waals surface area contributed by atoms with Crippen molar-refractivity contribution in [3.63, 3.8) is 0 Å². The normalized spacial score (nSPS) is 10.7. The Hall–Kier alpha value is -1.77. The van der Waals surface area contributed by atoms with E-state index >= 15 is 0 Å². The molecule has 0 unspecified atom stereocenters. The number of aromatic carboxylic acids is 1. The van der Waals surface area contributed by atoms with Crippen molar-refractivity contribution < 1.29 is 14.3 Å². The molecule has 0 fully saturated rings. The number of furan rings is 1. The summed E-state index contributed by atoms with van der Waals surface area (Å²) in [6, 6.07) is 5.55. The van der Waals surface area contributed by atoms with Crippen LogP contribution in [0, 0.1) is 13.8 Å². The molecule has 0 N–H and O–H groups in total. The molecule has 2 aromatic rings. The topological polar surface area (TPSA) is 53.3 Å². The molecule has 1 aromatic carbocycles. The Bertz CT molecular complexity index is 508. The van der Waals surface area contributed by atoms with Crippen molar-refractivity contribution in [2.75, 3.05) is 0 Å². The highest BCUT2D eigenvalue weighted by Crippen LogP contribution is 2.25. The van der Waals surface area contributed by atoms with Crippen LogP contribution in [-0.4, -0.2) is 5.97 Å². The Morgan fingerprint density at radius 3 is 2.71 bits per heavy atom. The fourth-order valence-electron chi connectivity index (χ4n) is 1.53. The summed E-state index contributed by atoms with van der Waals surface area (Å²) in [6.45, 7) is 3.67. The van der Waals surface area contributed by atoms with E-state index in [0.29, 0.717) is 11.1 Å². The largest absolute Gasteiger partial charge is 0.542 e. The molecule has 0 bridgehead atoms. The smallest absolute Gasteiger partial charge is 0.153 e. The maximum absolute atomic E-state index is 10.7. The number of aryl methyl sites for hydroxylation is 2. The summed E-state index contributed by atoms with van der Waals surface area (Å²) in [5.74, 6) is -1.35. The molecular formula is C11H9O3-. The van der Waals surface area contributed by atoms with Crippen LogP contribution in [-0.2, 0) is 0 Å². The molecule has 0 saturated carbocycles. The lowest BCUT2D eigenvalue weighted by atomic mass is 10.1. The second-order valence-electron chi connectivity index (χ2n) is 3.34. The van der Waals surface area contributed by atoms with E-state index in [0.717, 1.165) is 10.9 Å². The van der Waals surface area contributed by atoms with Gasteiger partial charge in [0, 0.05) is 10.9 Å². The van der Waals surface area contributed by atoms with Crippen LogP contribution in [0.25, 0.3) is 11.0 Å². The molecule has 0 atom stereocenters. The third kappa shape index (κ3) is 1.18. The first-order chi connectivity index (χ1) is 6.59. The molecule has 3 heteroatoms. The van der Waals surface area contributed by atoms with Crippen LogP contribution in [0.2, 0.25) is 0 Å². The van der Waals surface area contributed by atoms with Crippen molar-refractivity contribution >= 4 is 16.9 Å². The quantitative estimate of drug-likeness (QED) is 0.681. The Balaban J connectivity index is 2.80. The molecular weight excluding hydrogens is 180 g/mol. The average molecular weight is 189 g/mol. The third-order valence-electron chi connectivity index (χ3n) is 2.28. The third-order valence-corrected chi connectivity index (χ3v) is 2.28. The van der Waals surface area contributed by atoms with Crippen molar-refractivity contribution in [1.29, 1.82) is 0 Å². The van der Waals surface area contributed by atoms with Gasteiger partial charge in [0.15, 0.2) is 5.76 Å². The van der Waals surface area contributed by atoms with Crippen molar-refractivity contribution in [3.8, 4) is 0 Å². The average Bonchev–Trinajstić information content (AvgIpc) is 2.44. The minimum Gasteiger partial charge on any atom is -0.542 e. The van der Waals surface area contributed by atoms with Gasteiger partial charge in [0.05, 0.1) is 0 Å². The van der Waals surface area contributed by atoms with Gasteiger partial charge in [0.25, 0.3) is 0 Å². The van der Waals surface area contributed by atoms with Gasteiger partial charge in [-0.3, -0.25) is 0 Å². The predicted octanol–water partition coefficient (Wildman–Crippen LogP) is 1.41. The lowest BCUT2D eigenvalue weighted by molar-refractivity contribution is -0.257. The first-order valence-electron chi connectivity index (χ1n) is 4.30. The van der Waals surface area contributed by atoms with Crippen LogP contribution < -0.4 is 5.11 Å². The number of benzene rings is 1. The van der Waals surface area contributed by atoms with Gasteiger partial charge in [0.2, 0.25) is 0 Å². The summed E-state index contributed by atoms with van der Waals surface area (Å²) in [5, 5.41) is 11.5. The van der Waals surface area contributed by atoms with Crippen LogP contribution >= 0.6 is 0 Å². The van der Waals surface area contributed by atoms with Crippen LogP contribution in [0.15, 0.2) is 22.6 Å². The molecule has 0 spiro atoms. The summed E-state index contributed by atoms with van der Waals surface area (Å²) in [6.07, 6.45) is 0. The van der Waals surface area contributed by atoms with Crippen LogP contribution in [0.4, 0.5) is 0 Å². The van der Waals surface area contributed by atoms with E-state index in [1.54, 1.807) is 13.0 Å². The number of rotatable bonds is 1. The summed E-state index contributed by atoms with van der Waals surface area (Å²) in [7, 11) is 0. The molecule has 0 saturated heterocycles. The summed E-state index contributed by atoms with van der Waals surface area (Å²) in [4.78, 5) is 10.7. The molecule has 72 valence electrons. The fourth-order valence-corrected chi connectivity index (χ4v) is 1.53. The molecule has 0 aliphatic heterocycles. The first-order valence-corrected chi connectivity index (χ1v) is 4.30. The van der Waals surface area contributed by atoms with Crippen LogP contribution in [0.3, 0.4) is 0 Å². The second kappa shape index (κ2) is 2.87. The summed E-state index contributed by atoms with van der Waals surface area (Å²) >= 11 is 0. The SMILES string of the molecule is Cc1ccc2oc(C(=O)[O-])c(C)c2c1. The highest BCUT2D eigenvalue weighted by atomic mass is 16.4. The van der Waals surface area contributed by atoms with Crippen molar-refractivity contribution in [2.45, 2.75) is 13.8 Å². The number of carbonyl (C=O) groups is 1. The van der Waals surface area contributed by atoms with E-state index in [2.05, 4.69) is 0 Å². The summed E-state index contributed by atoms with van der Waals surface area (Å²) in [5.41, 5.74) is 2.29. The number of carboxylic acids is 1. The van der Waals surface area contributed by atoms with E-state index < -0.39 is 5.97 Å². The van der Waals surface area contributed by atoms with Gasteiger partial charge in [-0.2, -0.15) is 0 Å². The lowest BCUT2D eigenvalue weighted by Gasteiger charge is -1.96. The summed E-state index contributed by atoms with van der Waals surface area (Å²) < 4.78 is 5.15. The molecule has 1 aromatic heterocycles. The fraction of sp³-hybridized carbons (Fsp3) is 0.182. The number of hydrogen-bond donors (Lipinski definition) is 0. The number of carboxylic acid groups (broad SMARTS) is 1. The van der Waals surface area contributed by atoms with Gasteiger partial charge in [-0.25, -0.2) is 0 Å². The predicted molar refractivity (Wildman–Crippen MR) is 50.0 cm³/mol. The van der Waals surface area contributed by atoms with E-state index in [1.165, 1.54) is 0 Å². The Labute approximate surface area is 81.0 Å². The molecule has 2 rings (SSSR count). The van der Waals surface area contributed by atoms with E-state index in [-0.39, 0.29) is 5.76 Å². The van der Waals surface area contributed by atoms with Crippen molar-refractivity contribution in [3.05, 3.63) is 35.1 Å². The van der Waals surface area contributed by atoms with Gasteiger partial charge in [-0.1, -0.05) is 11.6 Å². The van der Waals surface area contributed by atoms with Gasteiger partial charge in [-0.05, 0) is 26.0 Å². The molecule has 0 aliphatic rings. The maximum atomic E-state index is 10.7. The number of fused-ring (bicyclic) bond motifs is 1. The van der Waals surface area contributed by atoms with Gasteiger partial charge < -0.3 is 14.3 Å². The number of carbonyl (C=O) groups excluding carboxylic acids is 1. The Morgan fingerprint density at radius 2 is 2.07 bits per heavy atom. The van der Waals surface area contributed by atoms with Gasteiger partial charge in [0.1, 0.15) is 11.6 Å². The van der Waals surface area contributed by atoms with Gasteiger partial charge in [-0.15, -0.1) is 0 Å². The van der Waals surface area contributed by atoms with Crippen LogP contribution in [0.1, 0.15) is 21.7 Å². The zero-order chi connectivity index (χ0) is 10.3. The zero-order valence-electron chi connectivity index (χ0n) is 7.96. The highest BCUT2D eigenvalue weighted by molar-refractivity contribution is 5.94. The first kappa shape index (κ1) is 8.81. The molecule has 3 nitrogen and oxygen atoms in total. The van der Waals surface area contributed by atoms with Crippen molar-refractivity contribution in [1.82, 2.24) is 0 Å². The minimum atomic E-state index is -1.27. The Morgan fingerprint density at radius 1 is 1.36 bits per heavy atom. The highest BCUT2D eigenvalue weighted by Gasteiger charge is 2.10. The van der Waals surface area contributed by atoms with Gasteiger partial charge >= 0.3 is 0 Å². The molecule has 0 aliphatic carbocycles. The van der Waals surface area contributed by atoms with E-state index in [1.807, 2.05) is 19.1 Å². The molecule has 14 heavy (non-hydrogen) atoms. The second-order valence-corrected chi connectivity index (χ2v) is 3.34. The molecule has 1 heterocycles. The van der Waals surface area contributed by atoms with Crippen molar-refractivity contribution in [2.24, 2.45) is 0 Å². The molecule has 0 amide bonds. The zero-order valence-corrected chi connectivity index (χ0v) is 7.96.